The van der Waals surface area contributed by atoms with E-state index in [9.17, 15) is 0 Å². The molecule has 0 unspecified atom stereocenters. The molecule has 186 valence electrons. The number of hydrogen-bond donors (Lipinski definition) is 0. The molecule has 6 aromatic rings. The van der Waals surface area contributed by atoms with E-state index in [2.05, 4.69) is 36.4 Å². The van der Waals surface area contributed by atoms with Gasteiger partial charge in [0.25, 0.3) is 0 Å². The first-order valence-electron chi connectivity index (χ1n) is 14.1. The van der Waals surface area contributed by atoms with Gasteiger partial charge < -0.3 is 4.74 Å². The summed E-state index contributed by atoms with van der Waals surface area (Å²) in [6.45, 7) is 4.03. The van der Waals surface area contributed by atoms with E-state index >= 15 is 0 Å². The van der Waals surface area contributed by atoms with E-state index in [4.69, 9.17) is 18.9 Å². The van der Waals surface area contributed by atoms with Crippen molar-refractivity contribution in [3.8, 4) is 17.0 Å². The van der Waals surface area contributed by atoms with Crippen LogP contribution in [0.2, 0.25) is 0 Å². The van der Waals surface area contributed by atoms with Gasteiger partial charge in [0.2, 0.25) is 0 Å². The molecule has 38 heavy (non-hydrogen) atoms. The molecular formula is C34H29N3O. The van der Waals surface area contributed by atoms with Gasteiger partial charge in [0.1, 0.15) is 22.5 Å². The predicted octanol–water partition coefficient (Wildman–Crippen LogP) is 7.56. The SMILES string of the molecule is [2H]C([2H])([2H])Oc1cc2c(cnn2C(c2ccccc2)(c2ccccc2)c2ccccc2)nc1-c1cccc(C)c1C. The number of aromatic nitrogens is 3. The maximum Gasteiger partial charge on any atom is 0.147 e. The number of fused-ring (bicyclic) bond motifs is 1. The lowest BCUT2D eigenvalue weighted by atomic mass is 9.77. The molecule has 4 nitrogen and oxygen atoms in total. The van der Waals surface area contributed by atoms with Gasteiger partial charge in [0.05, 0.1) is 22.9 Å². The predicted molar refractivity (Wildman–Crippen MR) is 154 cm³/mol. The summed E-state index contributed by atoms with van der Waals surface area (Å²) in [5.74, 6) is 0.177. The van der Waals surface area contributed by atoms with Crippen LogP contribution in [0.25, 0.3) is 22.3 Å². The first-order valence-corrected chi connectivity index (χ1v) is 12.6. The van der Waals surface area contributed by atoms with Crippen molar-refractivity contribution >= 4 is 11.0 Å². The summed E-state index contributed by atoms with van der Waals surface area (Å²) in [4.78, 5) is 4.99. The zero-order chi connectivity index (χ0) is 28.6. The average Bonchev–Trinajstić information content (AvgIpc) is 3.38. The molecule has 0 saturated heterocycles. The van der Waals surface area contributed by atoms with Crippen LogP contribution in [0.3, 0.4) is 0 Å². The van der Waals surface area contributed by atoms with Gasteiger partial charge in [-0.1, -0.05) is 109 Å². The Labute approximate surface area is 227 Å². The molecule has 0 bridgehead atoms. The summed E-state index contributed by atoms with van der Waals surface area (Å²) < 4.78 is 31.4. The van der Waals surface area contributed by atoms with Crippen molar-refractivity contribution in [1.29, 1.82) is 0 Å². The summed E-state index contributed by atoms with van der Waals surface area (Å²) in [5.41, 5.74) is 6.77. The van der Waals surface area contributed by atoms with Crippen molar-refractivity contribution in [1.82, 2.24) is 14.8 Å². The van der Waals surface area contributed by atoms with Crippen LogP contribution in [0.5, 0.6) is 5.75 Å². The first-order chi connectivity index (χ1) is 19.8. The maximum atomic E-state index is 7.94. The summed E-state index contributed by atoms with van der Waals surface area (Å²) in [7, 11) is -2.66. The highest BCUT2D eigenvalue weighted by Crippen LogP contribution is 2.43. The third-order valence-corrected chi connectivity index (χ3v) is 7.38. The number of rotatable bonds is 6. The number of hydrogen-bond acceptors (Lipinski definition) is 3. The minimum Gasteiger partial charge on any atom is -0.494 e. The Bertz CT molecular complexity index is 1720. The van der Waals surface area contributed by atoms with Gasteiger partial charge >= 0.3 is 0 Å². The van der Waals surface area contributed by atoms with Crippen molar-refractivity contribution in [2.24, 2.45) is 0 Å². The Morgan fingerprint density at radius 2 is 1.32 bits per heavy atom. The molecule has 4 aromatic carbocycles. The monoisotopic (exact) mass is 498 g/mol. The second-order valence-corrected chi connectivity index (χ2v) is 9.45. The van der Waals surface area contributed by atoms with E-state index in [0.29, 0.717) is 16.7 Å². The van der Waals surface area contributed by atoms with Crippen molar-refractivity contribution in [2.75, 3.05) is 7.04 Å². The fourth-order valence-electron chi connectivity index (χ4n) is 5.39. The molecule has 2 aromatic heterocycles. The Morgan fingerprint density at radius 1 is 0.737 bits per heavy atom. The number of methoxy groups -OCH3 is 1. The molecule has 0 aliphatic carbocycles. The average molecular weight is 499 g/mol. The molecule has 0 spiro atoms. The summed E-state index contributed by atoms with van der Waals surface area (Å²) >= 11 is 0. The van der Waals surface area contributed by atoms with E-state index in [0.717, 1.165) is 33.4 Å². The fraction of sp³-hybridized carbons (Fsp3) is 0.118. The molecule has 4 heteroatoms. The molecule has 0 radical (unpaired) electrons. The molecule has 0 aliphatic rings. The topological polar surface area (TPSA) is 39.9 Å². The highest BCUT2D eigenvalue weighted by atomic mass is 16.5. The van der Waals surface area contributed by atoms with Gasteiger partial charge in [-0.2, -0.15) is 5.10 Å². The second-order valence-electron chi connectivity index (χ2n) is 9.45. The van der Waals surface area contributed by atoms with E-state index in [1.54, 1.807) is 12.3 Å². The number of ether oxygens (including phenoxy) is 1. The molecule has 0 atom stereocenters. The van der Waals surface area contributed by atoms with Crippen LogP contribution >= 0.6 is 0 Å². The van der Waals surface area contributed by atoms with Crippen molar-refractivity contribution in [3.63, 3.8) is 0 Å². The third-order valence-electron chi connectivity index (χ3n) is 7.38. The smallest absolute Gasteiger partial charge is 0.147 e. The molecule has 0 fully saturated rings. The normalized spacial score (nSPS) is 13.1. The lowest BCUT2D eigenvalue weighted by Gasteiger charge is -2.37. The van der Waals surface area contributed by atoms with Crippen LogP contribution in [-0.2, 0) is 5.54 Å². The van der Waals surface area contributed by atoms with Crippen LogP contribution in [0.1, 0.15) is 31.9 Å². The second kappa shape index (κ2) is 9.64. The van der Waals surface area contributed by atoms with E-state index in [1.807, 2.05) is 91.3 Å². The van der Waals surface area contributed by atoms with Crippen LogP contribution in [0.15, 0.2) is 121 Å². The van der Waals surface area contributed by atoms with Crippen LogP contribution in [0.4, 0.5) is 0 Å². The number of pyridine rings is 1. The zero-order valence-electron chi connectivity index (χ0n) is 24.3. The Hall–Kier alpha value is -4.70. The highest BCUT2D eigenvalue weighted by molar-refractivity contribution is 5.84. The molecule has 0 saturated carbocycles. The van der Waals surface area contributed by atoms with Crippen molar-refractivity contribution in [2.45, 2.75) is 19.4 Å². The van der Waals surface area contributed by atoms with Crippen molar-refractivity contribution < 1.29 is 8.85 Å². The quantitative estimate of drug-likeness (QED) is 0.222. The van der Waals surface area contributed by atoms with Gasteiger partial charge in [-0.25, -0.2) is 9.67 Å². The van der Waals surface area contributed by atoms with Gasteiger partial charge in [0.15, 0.2) is 0 Å². The lowest BCUT2D eigenvalue weighted by Crippen LogP contribution is -2.38. The Kier molecular flexibility index (Phi) is 5.17. The van der Waals surface area contributed by atoms with Gasteiger partial charge in [0, 0.05) is 11.6 Å². The lowest BCUT2D eigenvalue weighted by molar-refractivity contribution is 0.414. The van der Waals surface area contributed by atoms with E-state index in [1.165, 1.54) is 0 Å². The van der Waals surface area contributed by atoms with Gasteiger partial charge in [-0.05, 0) is 41.7 Å². The minimum atomic E-state index is -2.66. The van der Waals surface area contributed by atoms with Crippen LogP contribution < -0.4 is 4.74 Å². The summed E-state index contributed by atoms with van der Waals surface area (Å²) in [6.07, 6.45) is 1.74. The molecular weight excluding hydrogens is 466 g/mol. The summed E-state index contributed by atoms with van der Waals surface area (Å²) in [6, 6.07) is 38.3. The molecule has 6 rings (SSSR count). The summed E-state index contributed by atoms with van der Waals surface area (Å²) in [5, 5.41) is 4.97. The van der Waals surface area contributed by atoms with E-state index in [-0.39, 0.29) is 5.75 Å². The van der Waals surface area contributed by atoms with Gasteiger partial charge in [-0.3, -0.25) is 0 Å². The molecule has 0 aliphatic heterocycles. The van der Waals surface area contributed by atoms with Gasteiger partial charge in [-0.15, -0.1) is 0 Å². The van der Waals surface area contributed by atoms with E-state index < -0.39 is 12.6 Å². The number of aryl methyl sites for hydroxylation is 1. The number of nitrogens with zero attached hydrogens (tertiary/aromatic N) is 3. The first kappa shape index (κ1) is 20.4. The molecule has 2 heterocycles. The van der Waals surface area contributed by atoms with Crippen LogP contribution in [0, 0.1) is 13.8 Å². The van der Waals surface area contributed by atoms with Crippen LogP contribution in [-0.4, -0.2) is 21.8 Å². The number of benzene rings is 4. The largest absolute Gasteiger partial charge is 0.494 e. The minimum absolute atomic E-state index is 0.177. The Morgan fingerprint density at radius 3 is 1.87 bits per heavy atom. The maximum absolute atomic E-state index is 7.94. The Balaban J connectivity index is 1.72. The third kappa shape index (κ3) is 3.69. The van der Waals surface area contributed by atoms with Crippen molar-refractivity contribution in [3.05, 3.63) is 149 Å². The zero-order valence-corrected chi connectivity index (χ0v) is 21.3. The fourth-order valence-corrected chi connectivity index (χ4v) is 5.39. The standard InChI is InChI=1S/C34H29N3O/c1-24-14-13-21-29(25(24)2)33-32(38-3)22-31-30(36-33)23-35-37(31)34(26-15-7-4-8-16-26,27-17-9-5-10-18-27)28-19-11-6-12-20-28/h4-23H,1-3H3/i3D3. The molecule has 0 N–H and O–H groups in total. The molecule has 0 amide bonds. The highest BCUT2D eigenvalue weighted by Gasteiger charge is 2.40.